The first-order chi connectivity index (χ1) is 17.3. The third kappa shape index (κ3) is 8.71. The molecule has 4 aliphatic rings. The van der Waals surface area contributed by atoms with Crippen molar-refractivity contribution in [2.24, 2.45) is 5.92 Å². The van der Waals surface area contributed by atoms with Crippen LogP contribution in [-0.4, -0.2) is 95.3 Å². The van der Waals surface area contributed by atoms with Gasteiger partial charge in [-0.25, -0.2) is 4.79 Å². The molecule has 0 aromatic rings. The first-order valence-corrected chi connectivity index (χ1v) is 13.0. The van der Waals surface area contributed by atoms with Crippen LogP contribution in [0, 0.1) is 5.92 Å². The van der Waals surface area contributed by atoms with E-state index in [1.807, 2.05) is 27.7 Å². The minimum absolute atomic E-state index is 0.112. The Bertz CT molecular complexity index is 793. The van der Waals surface area contributed by atoms with E-state index in [-0.39, 0.29) is 49.3 Å². The molecule has 3 N–H and O–H groups in total. The molecule has 11 nitrogen and oxygen atoms in total. The Balaban J connectivity index is 0.000000235. The molecule has 37 heavy (non-hydrogen) atoms. The highest BCUT2D eigenvalue weighted by molar-refractivity contribution is 5.83. The van der Waals surface area contributed by atoms with E-state index in [9.17, 15) is 19.8 Å². The lowest BCUT2D eigenvalue weighted by atomic mass is 9.99. The monoisotopic (exact) mass is 532 g/mol. The molecule has 214 valence electrons. The van der Waals surface area contributed by atoms with Crippen molar-refractivity contribution in [1.29, 1.82) is 0 Å². The number of aliphatic hydroxyl groups excluding tert-OH is 3. The Morgan fingerprint density at radius 3 is 2.08 bits per heavy atom. The zero-order chi connectivity index (χ0) is 28.0. The average molecular weight is 533 g/mol. The lowest BCUT2D eigenvalue weighted by Crippen LogP contribution is -2.31. The van der Waals surface area contributed by atoms with E-state index in [1.165, 1.54) is 6.08 Å². The second-order valence-corrected chi connectivity index (χ2v) is 10.2. The molecule has 2 heterocycles. The van der Waals surface area contributed by atoms with Crippen LogP contribution in [0.25, 0.3) is 0 Å². The molecule has 11 heteroatoms. The number of rotatable bonds is 5. The van der Waals surface area contributed by atoms with Gasteiger partial charge in [0, 0.05) is 31.4 Å². The van der Waals surface area contributed by atoms with Crippen LogP contribution in [0.15, 0.2) is 11.6 Å². The van der Waals surface area contributed by atoms with Gasteiger partial charge in [0.15, 0.2) is 11.6 Å². The summed E-state index contributed by atoms with van der Waals surface area (Å²) in [6.45, 7) is 13.4. The van der Waals surface area contributed by atoms with E-state index in [1.54, 1.807) is 20.8 Å². The average Bonchev–Trinajstić information content (AvgIpc) is 3.41. The molecule has 2 aliphatic heterocycles. The Kier molecular flexibility index (Phi) is 11.5. The molecule has 0 aromatic heterocycles. The fourth-order valence-corrected chi connectivity index (χ4v) is 5.04. The van der Waals surface area contributed by atoms with Gasteiger partial charge in [-0.3, -0.25) is 4.79 Å². The van der Waals surface area contributed by atoms with Crippen molar-refractivity contribution in [3.05, 3.63) is 11.6 Å². The summed E-state index contributed by atoms with van der Waals surface area (Å²) in [4.78, 5) is 22.9. The second-order valence-electron chi connectivity index (χ2n) is 10.2. The number of aliphatic hydroxyl groups is 3. The van der Waals surface area contributed by atoms with Crippen molar-refractivity contribution in [3.8, 4) is 0 Å². The summed E-state index contributed by atoms with van der Waals surface area (Å²) >= 11 is 0. The summed E-state index contributed by atoms with van der Waals surface area (Å²) < 4.78 is 32.5. The molecule has 0 unspecified atom stereocenters. The van der Waals surface area contributed by atoms with Crippen LogP contribution < -0.4 is 0 Å². The van der Waals surface area contributed by atoms with Gasteiger partial charge in [0.1, 0.15) is 6.10 Å². The maximum atomic E-state index is 11.5. The van der Waals surface area contributed by atoms with Crippen molar-refractivity contribution >= 4 is 11.9 Å². The normalized spacial score (nSPS) is 35.5. The van der Waals surface area contributed by atoms with Gasteiger partial charge >= 0.3 is 11.9 Å². The van der Waals surface area contributed by atoms with Gasteiger partial charge in [0.05, 0.1) is 50.2 Å². The molecule has 2 aliphatic carbocycles. The highest BCUT2D eigenvalue weighted by atomic mass is 16.8. The molecular formula is C26H44O11. The summed E-state index contributed by atoms with van der Waals surface area (Å²) in [5.41, 5.74) is 0.555. The topological polar surface area (TPSA) is 150 Å². The summed E-state index contributed by atoms with van der Waals surface area (Å²) in [7, 11) is 0. The van der Waals surface area contributed by atoms with Gasteiger partial charge in [0.2, 0.25) is 0 Å². The van der Waals surface area contributed by atoms with Gasteiger partial charge < -0.3 is 43.7 Å². The predicted molar refractivity (Wildman–Crippen MR) is 131 cm³/mol. The van der Waals surface area contributed by atoms with Crippen molar-refractivity contribution < 1.29 is 53.3 Å². The van der Waals surface area contributed by atoms with Crippen LogP contribution in [0.5, 0.6) is 0 Å². The first kappa shape index (κ1) is 31.6. The fraction of sp³-hybridized carbons (Fsp3) is 0.846. The fourth-order valence-electron chi connectivity index (χ4n) is 5.04. The minimum atomic E-state index is -0.689. The summed E-state index contributed by atoms with van der Waals surface area (Å²) in [6, 6.07) is 0. The third-order valence-electron chi connectivity index (χ3n) is 6.24. The standard InChI is InChI=1S/C12H20O5.C12H18O5.C2H6O/c2*1-4-15-10(14)5-7-8(13)6-9-11(7)17-12(2,3)16-9;1-2-3/h7-9,11,13H,4-6H2,1-3H3;5,8-9,11,13H,4,6H2,1-3H3;3H,2H2,1H3/t7-,8+,9+,11-;8-,9-,11+;/m01./s1. The number of fused-ring (bicyclic) bond motifs is 2. The van der Waals surface area contributed by atoms with Gasteiger partial charge in [-0.15, -0.1) is 0 Å². The molecule has 7 atom stereocenters. The largest absolute Gasteiger partial charge is 0.466 e. The van der Waals surface area contributed by atoms with Crippen LogP contribution in [0.2, 0.25) is 0 Å². The van der Waals surface area contributed by atoms with Crippen LogP contribution in [0.1, 0.15) is 67.7 Å². The van der Waals surface area contributed by atoms with E-state index < -0.39 is 29.8 Å². The number of carbonyl (C=O) groups is 2. The Morgan fingerprint density at radius 2 is 1.49 bits per heavy atom. The summed E-state index contributed by atoms with van der Waals surface area (Å²) in [5.74, 6) is -2.24. The van der Waals surface area contributed by atoms with Crippen LogP contribution in [-0.2, 0) is 38.0 Å². The smallest absolute Gasteiger partial charge is 0.330 e. The van der Waals surface area contributed by atoms with Crippen LogP contribution in [0.3, 0.4) is 0 Å². The van der Waals surface area contributed by atoms with Gasteiger partial charge in [-0.05, 0) is 54.0 Å². The van der Waals surface area contributed by atoms with Gasteiger partial charge in [0.25, 0.3) is 0 Å². The zero-order valence-corrected chi connectivity index (χ0v) is 23.0. The van der Waals surface area contributed by atoms with Crippen molar-refractivity contribution in [3.63, 3.8) is 0 Å². The second kappa shape index (κ2) is 13.5. The van der Waals surface area contributed by atoms with E-state index >= 15 is 0 Å². The van der Waals surface area contributed by atoms with E-state index in [0.717, 1.165) is 0 Å². The van der Waals surface area contributed by atoms with Gasteiger partial charge in [-0.1, -0.05) is 0 Å². The maximum absolute atomic E-state index is 11.5. The highest BCUT2D eigenvalue weighted by Crippen LogP contribution is 2.43. The van der Waals surface area contributed by atoms with Gasteiger partial charge in [-0.2, -0.15) is 0 Å². The molecule has 0 amide bonds. The molecule has 2 saturated carbocycles. The molecule has 0 aromatic carbocycles. The first-order valence-electron chi connectivity index (χ1n) is 13.0. The number of hydrogen-bond donors (Lipinski definition) is 3. The molecule has 4 fully saturated rings. The summed E-state index contributed by atoms with van der Waals surface area (Å²) in [6.07, 6.45) is 0.418. The highest BCUT2D eigenvalue weighted by Gasteiger charge is 2.53. The van der Waals surface area contributed by atoms with Crippen LogP contribution >= 0.6 is 0 Å². The van der Waals surface area contributed by atoms with Crippen LogP contribution in [0.4, 0.5) is 0 Å². The molecule has 0 radical (unpaired) electrons. The molecule has 0 spiro atoms. The predicted octanol–water partition coefficient (Wildman–Crippen LogP) is 1.60. The Labute approximate surface area is 219 Å². The lowest BCUT2D eigenvalue weighted by molar-refractivity contribution is -0.168. The zero-order valence-electron chi connectivity index (χ0n) is 23.0. The van der Waals surface area contributed by atoms with Crippen molar-refractivity contribution in [2.45, 2.75) is 116 Å². The SMILES string of the molecule is CCO.CCOC(=O)C=C1[C@H](O)C[C@H]2OC(C)(C)O[C@@H]12.CCOC(=O)C[C@@H]1[C@@H]2OC(C)(C)O[C@@H]2C[C@H]1O. The Morgan fingerprint density at radius 1 is 0.919 bits per heavy atom. The maximum Gasteiger partial charge on any atom is 0.330 e. The molecule has 4 rings (SSSR count). The molecular weight excluding hydrogens is 488 g/mol. The molecule has 0 bridgehead atoms. The minimum Gasteiger partial charge on any atom is -0.466 e. The molecule has 2 saturated heterocycles. The Hall–Kier alpha value is -1.60. The number of esters is 2. The number of carbonyl (C=O) groups excluding carboxylic acids is 2. The van der Waals surface area contributed by atoms with Crippen molar-refractivity contribution in [2.75, 3.05) is 19.8 Å². The van der Waals surface area contributed by atoms with E-state index in [0.29, 0.717) is 31.6 Å². The lowest BCUT2D eigenvalue weighted by Gasteiger charge is -2.23. The van der Waals surface area contributed by atoms with E-state index in [4.69, 9.17) is 33.5 Å². The van der Waals surface area contributed by atoms with Crippen molar-refractivity contribution in [1.82, 2.24) is 0 Å². The van der Waals surface area contributed by atoms with E-state index in [2.05, 4.69) is 0 Å². The quantitative estimate of drug-likeness (QED) is 0.350. The third-order valence-corrected chi connectivity index (χ3v) is 6.24. The summed E-state index contributed by atoms with van der Waals surface area (Å²) in [5, 5.41) is 27.3. The number of ether oxygens (including phenoxy) is 6. The number of hydrogen-bond acceptors (Lipinski definition) is 11.